The number of nitrogens with zero attached hydrogens (tertiary/aromatic N) is 4. The number of amides is 1. The van der Waals surface area contributed by atoms with Gasteiger partial charge in [-0.3, -0.25) is 14.2 Å². The lowest BCUT2D eigenvalue weighted by Crippen LogP contribution is -2.26. The predicted octanol–water partition coefficient (Wildman–Crippen LogP) is 6.51. The topological polar surface area (TPSA) is 97.5 Å². The van der Waals surface area contributed by atoms with E-state index in [1.54, 1.807) is 39.4 Å². The Morgan fingerprint density at radius 1 is 1.12 bits per heavy atom. The number of hydrogen-bond acceptors (Lipinski definition) is 6. The van der Waals surface area contributed by atoms with Crippen LogP contribution in [0.15, 0.2) is 73.6 Å². The van der Waals surface area contributed by atoms with Gasteiger partial charge in [0.1, 0.15) is 11.4 Å². The van der Waals surface area contributed by atoms with Crippen molar-refractivity contribution in [2.45, 2.75) is 33.9 Å². The van der Waals surface area contributed by atoms with Crippen molar-refractivity contribution >= 4 is 28.6 Å². The van der Waals surface area contributed by atoms with Crippen LogP contribution in [0.25, 0.3) is 33.3 Å². The van der Waals surface area contributed by atoms with Gasteiger partial charge >= 0.3 is 5.97 Å². The Hall–Kier alpha value is -4.90. The number of carbonyl (C=O) groups excluding carboxylic acids is 2. The monoisotopic (exact) mass is 536 g/mol. The van der Waals surface area contributed by atoms with Gasteiger partial charge in [0.05, 0.1) is 24.2 Å². The SMILES string of the molecule is C=CC(=O)N(C)c1cc(OC)cc(-c2cnc3c(c2)c(-c2cccc(C#N)c2)cn3C(C)OC(=O)C(C)(C)C)c1. The first-order valence-electron chi connectivity index (χ1n) is 12.8. The van der Waals surface area contributed by atoms with E-state index < -0.39 is 11.6 Å². The fraction of sp³-hybridized carbons (Fsp3) is 0.250. The van der Waals surface area contributed by atoms with Gasteiger partial charge < -0.3 is 14.4 Å². The maximum atomic E-state index is 12.7. The van der Waals surface area contributed by atoms with Crippen molar-refractivity contribution in [1.82, 2.24) is 9.55 Å². The summed E-state index contributed by atoms with van der Waals surface area (Å²) in [5.41, 5.74) is 4.39. The third kappa shape index (κ3) is 5.59. The fourth-order valence-corrected chi connectivity index (χ4v) is 4.27. The molecule has 0 saturated carbocycles. The molecule has 0 fully saturated rings. The normalized spacial score (nSPS) is 11.9. The quantitative estimate of drug-likeness (QED) is 0.197. The summed E-state index contributed by atoms with van der Waals surface area (Å²) in [4.78, 5) is 31.2. The van der Waals surface area contributed by atoms with Crippen molar-refractivity contribution in [3.8, 4) is 34.1 Å². The smallest absolute Gasteiger partial charge is 0.313 e. The molecule has 2 aromatic carbocycles. The van der Waals surface area contributed by atoms with Gasteiger partial charge in [-0.2, -0.15) is 5.26 Å². The van der Waals surface area contributed by atoms with Gasteiger partial charge in [-0.25, -0.2) is 4.98 Å². The molecule has 0 spiro atoms. The molecule has 204 valence electrons. The summed E-state index contributed by atoms with van der Waals surface area (Å²) in [7, 11) is 3.24. The van der Waals surface area contributed by atoms with Crippen molar-refractivity contribution in [1.29, 1.82) is 5.26 Å². The summed E-state index contributed by atoms with van der Waals surface area (Å²) in [6.07, 6.45) is 4.26. The van der Waals surface area contributed by atoms with E-state index in [1.807, 2.05) is 67.9 Å². The number of pyridine rings is 1. The molecule has 0 aliphatic rings. The number of likely N-dealkylation sites (N-methyl/N-ethyl adjacent to an activating group) is 1. The van der Waals surface area contributed by atoms with Gasteiger partial charge in [0.2, 0.25) is 5.91 Å². The van der Waals surface area contributed by atoms with Crippen LogP contribution in [0.2, 0.25) is 0 Å². The first kappa shape index (κ1) is 28.1. The Morgan fingerprint density at radius 3 is 2.52 bits per heavy atom. The molecule has 0 aliphatic heterocycles. The molecule has 8 nitrogen and oxygen atoms in total. The van der Waals surface area contributed by atoms with Crippen LogP contribution in [0.3, 0.4) is 0 Å². The number of esters is 1. The largest absolute Gasteiger partial charge is 0.497 e. The van der Waals surface area contributed by atoms with E-state index in [0.29, 0.717) is 22.6 Å². The predicted molar refractivity (Wildman–Crippen MR) is 156 cm³/mol. The first-order valence-corrected chi connectivity index (χ1v) is 12.8. The molecule has 4 rings (SSSR count). The standard InChI is InChI=1S/C32H32N4O4/c1-8-29(37)35(6)25-13-23(14-26(16-25)39-7)24-15-27-28(22-11-9-10-21(12-22)17-33)19-36(30(27)34-18-24)20(2)40-31(38)32(3,4)5/h8-16,18-20H,1H2,2-7H3. The van der Waals surface area contributed by atoms with Crippen molar-refractivity contribution in [2.24, 2.45) is 5.41 Å². The number of aromatic nitrogens is 2. The van der Waals surface area contributed by atoms with Crippen LogP contribution in [0.5, 0.6) is 5.75 Å². The van der Waals surface area contributed by atoms with Gasteiger partial charge in [0.25, 0.3) is 0 Å². The lowest BCUT2D eigenvalue weighted by Gasteiger charge is -2.22. The fourth-order valence-electron chi connectivity index (χ4n) is 4.27. The van der Waals surface area contributed by atoms with E-state index in [1.165, 1.54) is 11.0 Å². The number of hydrogen-bond donors (Lipinski definition) is 0. The maximum Gasteiger partial charge on any atom is 0.313 e. The highest BCUT2D eigenvalue weighted by atomic mass is 16.6. The Bertz CT molecular complexity index is 1660. The molecule has 0 aliphatic carbocycles. The number of rotatable bonds is 7. The van der Waals surface area contributed by atoms with Crippen LogP contribution in [-0.4, -0.2) is 35.6 Å². The Kier molecular flexibility index (Phi) is 7.78. The second-order valence-corrected chi connectivity index (χ2v) is 10.5. The van der Waals surface area contributed by atoms with E-state index in [9.17, 15) is 14.9 Å². The molecule has 0 radical (unpaired) electrons. The summed E-state index contributed by atoms with van der Waals surface area (Å²) < 4.78 is 13.1. The van der Waals surface area contributed by atoms with Crippen molar-refractivity contribution in [3.63, 3.8) is 0 Å². The number of nitriles is 1. The van der Waals surface area contributed by atoms with Crippen molar-refractivity contribution < 1.29 is 19.1 Å². The van der Waals surface area contributed by atoms with Crippen LogP contribution in [-0.2, 0) is 14.3 Å². The van der Waals surface area contributed by atoms with Gasteiger partial charge in [-0.1, -0.05) is 18.7 Å². The minimum Gasteiger partial charge on any atom is -0.497 e. The Labute approximate surface area is 234 Å². The number of anilines is 1. The maximum absolute atomic E-state index is 12.7. The summed E-state index contributed by atoms with van der Waals surface area (Å²) in [5, 5.41) is 10.3. The van der Waals surface area contributed by atoms with Crippen LogP contribution in [0, 0.1) is 16.7 Å². The first-order chi connectivity index (χ1) is 19.0. The number of methoxy groups -OCH3 is 1. The van der Waals surface area contributed by atoms with Gasteiger partial charge in [-0.15, -0.1) is 0 Å². The molecule has 8 heteroatoms. The molecule has 0 bridgehead atoms. The zero-order valence-electron chi connectivity index (χ0n) is 23.6. The van der Waals surface area contributed by atoms with E-state index >= 15 is 0 Å². The third-order valence-corrected chi connectivity index (χ3v) is 6.61. The van der Waals surface area contributed by atoms with E-state index in [0.717, 1.165) is 27.6 Å². The minimum absolute atomic E-state index is 0.247. The average molecular weight is 537 g/mol. The number of fused-ring (bicyclic) bond motifs is 1. The zero-order valence-corrected chi connectivity index (χ0v) is 23.6. The molecule has 1 atom stereocenters. The molecule has 2 aromatic heterocycles. The number of carbonyl (C=O) groups is 2. The molecule has 0 N–H and O–H groups in total. The van der Waals surface area contributed by atoms with Crippen LogP contribution < -0.4 is 9.64 Å². The molecular formula is C32H32N4O4. The van der Waals surface area contributed by atoms with Crippen LogP contribution in [0.1, 0.15) is 39.5 Å². The van der Waals surface area contributed by atoms with Gasteiger partial charge in [0.15, 0.2) is 6.23 Å². The average Bonchev–Trinajstić information content (AvgIpc) is 3.34. The summed E-state index contributed by atoms with van der Waals surface area (Å²) >= 11 is 0. The number of ether oxygens (including phenoxy) is 2. The van der Waals surface area contributed by atoms with Gasteiger partial charge in [0, 0.05) is 47.7 Å². The zero-order chi connectivity index (χ0) is 29.2. The summed E-state index contributed by atoms with van der Waals surface area (Å²) in [6, 6.07) is 17.1. The Morgan fingerprint density at radius 2 is 1.88 bits per heavy atom. The second kappa shape index (κ2) is 11.1. The molecule has 4 aromatic rings. The summed E-state index contributed by atoms with van der Waals surface area (Å²) in [5.74, 6) is 0.00967. The third-order valence-electron chi connectivity index (χ3n) is 6.61. The lowest BCUT2D eigenvalue weighted by atomic mass is 9.97. The van der Waals surface area contributed by atoms with Crippen molar-refractivity contribution in [2.75, 3.05) is 19.1 Å². The van der Waals surface area contributed by atoms with Crippen LogP contribution in [0.4, 0.5) is 5.69 Å². The highest BCUT2D eigenvalue weighted by Gasteiger charge is 2.27. The molecule has 1 amide bonds. The van der Waals surface area contributed by atoms with Crippen molar-refractivity contribution in [3.05, 3.63) is 79.1 Å². The van der Waals surface area contributed by atoms with Crippen LogP contribution >= 0.6 is 0 Å². The Balaban J connectivity index is 1.91. The van der Waals surface area contributed by atoms with E-state index in [4.69, 9.17) is 14.5 Å². The molecular weight excluding hydrogens is 504 g/mol. The van der Waals surface area contributed by atoms with Gasteiger partial charge in [-0.05, 0) is 75.2 Å². The second-order valence-electron chi connectivity index (χ2n) is 10.5. The highest BCUT2D eigenvalue weighted by Crippen LogP contribution is 2.37. The molecule has 0 saturated heterocycles. The van der Waals surface area contributed by atoms with E-state index in [2.05, 4.69) is 12.6 Å². The highest BCUT2D eigenvalue weighted by molar-refractivity contribution is 6.01. The molecule has 40 heavy (non-hydrogen) atoms. The molecule has 2 heterocycles. The van der Waals surface area contributed by atoms with E-state index in [-0.39, 0.29) is 11.9 Å². The minimum atomic E-state index is -0.661. The molecule has 1 unspecified atom stereocenters. The number of benzene rings is 2. The summed E-state index contributed by atoms with van der Waals surface area (Å²) in [6.45, 7) is 10.8. The lowest BCUT2D eigenvalue weighted by molar-refractivity contribution is -0.162.